The van der Waals surface area contributed by atoms with Crippen LogP contribution in [-0.4, -0.2) is 45.1 Å². The monoisotopic (exact) mass is 380 g/mol. The first-order valence-corrected chi connectivity index (χ1v) is 10.1. The molecule has 0 spiro atoms. The van der Waals surface area contributed by atoms with Crippen LogP contribution in [0.3, 0.4) is 0 Å². The zero-order valence-electron chi connectivity index (χ0n) is 14.8. The Hall–Kier alpha value is -2.57. The van der Waals surface area contributed by atoms with Crippen LogP contribution in [0.4, 0.5) is 0 Å². The first-order valence-electron chi connectivity index (χ1n) is 8.92. The predicted octanol–water partition coefficient (Wildman–Crippen LogP) is 3.24. The van der Waals surface area contributed by atoms with Crippen molar-refractivity contribution in [3.63, 3.8) is 0 Å². The molecule has 0 atom stereocenters. The molecular formula is C21H20N2O3S. The van der Waals surface area contributed by atoms with Crippen molar-refractivity contribution in [3.8, 4) is 5.69 Å². The Labute approximate surface area is 161 Å². The zero-order chi connectivity index (χ0) is 18.8. The summed E-state index contributed by atoms with van der Waals surface area (Å²) >= 11 is 1.90. The number of hydrogen-bond acceptors (Lipinski definition) is 4. The summed E-state index contributed by atoms with van der Waals surface area (Å²) in [7, 11) is 0. The highest BCUT2D eigenvalue weighted by Crippen LogP contribution is 2.24. The predicted molar refractivity (Wildman–Crippen MR) is 109 cm³/mol. The van der Waals surface area contributed by atoms with Crippen LogP contribution >= 0.6 is 11.8 Å². The molecule has 4 rings (SSSR count). The standard InChI is InChI=1S/C21H20N2O3S/c24-20-17-9-5-4-8-16(17)19(21(25)26)18(14-22-10-12-27-13-11-22)23(20)15-6-2-1-3-7-15/h1-9H,10-14H2,(H,25,26). The molecule has 0 amide bonds. The normalized spacial score (nSPS) is 15.1. The van der Waals surface area contributed by atoms with Crippen molar-refractivity contribution >= 4 is 28.5 Å². The molecule has 2 aromatic carbocycles. The number of pyridine rings is 1. The Morgan fingerprint density at radius 1 is 0.963 bits per heavy atom. The van der Waals surface area contributed by atoms with Crippen LogP contribution in [0, 0.1) is 0 Å². The summed E-state index contributed by atoms with van der Waals surface area (Å²) in [6.45, 7) is 2.22. The molecule has 1 saturated heterocycles. The number of rotatable bonds is 4. The Morgan fingerprint density at radius 2 is 1.59 bits per heavy atom. The van der Waals surface area contributed by atoms with Crippen LogP contribution in [-0.2, 0) is 6.54 Å². The number of aromatic carboxylic acids is 1. The van der Waals surface area contributed by atoms with E-state index < -0.39 is 5.97 Å². The third-order valence-corrected chi connectivity index (χ3v) is 5.84. The molecule has 5 nitrogen and oxygen atoms in total. The fraction of sp³-hybridized carbons (Fsp3) is 0.238. The van der Waals surface area contributed by atoms with Gasteiger partial charge >= 0.3 is 5.97 Å². The summed E-state index contributed by atoms with van der Waals surface area (Å²) in [6, 6.07) is 16.3. The minimum Gasteiger partial charge on any atom is -0.478 e. The van der Waals surface area contributed by atoms with Gasteiger partial charge < -0.3 is 5.11 Å². The molecule has 6 heteroatoms. The van der Waals surface area contributed by atoms with E-state index in [-0.39, 0.29) is 11.1 Å². The molecule has 138 valence electrons. The molecule has 0 radical (unpaired) electrons. The van der Waals surface area contributed by atoms with E-state index in [0.717, 1.165) is 24.6 Å². The van der Waals surface area contributed by atoms with Gasteiger partial charge in [0.15, 0.2) is 0 Å². The van der Waals surface area contributed by atoms with Crippen molar-refractivity contribution in [2.45, 2.75) is 6.54 Å². The quantitative estimate of drug-likeness (QED) is 0.753. The number of aromatic nitrogens is 1. The SMILES string of the molecule is O=C(O)c1c(CN2CCSCC2)n(-c2ccccc2)c(=O)c2ccccc12. The molecule has 0 aliphatic carbocycles. The maximum atomic E-state index is 13.3. The first-order chi connectivity index (χ1) is 13.2. The second kappa shape index (κ2) is 7.58. The van der Waals surface area contributed by atoms with Crippen LogP contribution in [0.5, 0.6) is 0 Å². The molecule has 2 heterocycles. The zero-order valence-corrected chi connectivity index (χ0v) is 15.6. The van der Waals surface area contributed by atoms with Crippen LogP contribution < -0.4 is 5.56 Å². The molecule has 0 saturated carbocycles. The van der Waals surface area contributed by atoms with E-state index in [0.29, 0.717) is 28.7 Å². The fourth-order valence-corrected chi connectivity index (χ4v) is 4.59. The molecule has 1 aliphatic heterocycles. The molecule has 27 heavy (non-hydrogen) atoms. The van der Waals surface area contributed by atoms with E-state index in [1.807, 2.05) is 42.1 Å². The van der Waals surface area contributed by atoms with Crippen molar-refractivity contribution in [2.75, 3.05) is 24.6 Å². The average molecular weight is 380 g/mol. The van der Waals surface area contributed by atoms with Gasteiger partial charge in [0.2, 0.25) is 0 Å². The van der Waals surface area contributed by atoms with E-state index in [9.17, 15) is 14.7 Å². The minimum absolute atomic E-state index is 0.178. The van der Waals surface area contributed by atoms with Crippen molar-refractivity contribution < 1.29 is 9.90 Å². The smallest absolute Gasteiger partial charge is 0.338 e. The van der Waals surface area contributed by atoms with Gasteiger partial charge in [-0.15, -0.1) is 0 Å². The van der Waals surface area contributed by atoms with E-state index in [4.69, 9.17) is 0 Å². The summed E-state index contributed by atoms with van der Waals surface area (Å²) in [6.07, 6.45) is 0. The van der Waals surface area contributed by atoms with Crippen molar-refractivity contribution in [3.05, 3.63) is 76.2 Å². The Morgan fingerprint density at radius 3 is 2.26 bits per heavy atom. The Bertz CT molecular complexity index is 1040. The van der Waals surface area contributed by atoms with Crippen LogP contribution in [0.2, 0.25) is 0 Å². The lowest BCUT2D eigenvalue weighted by Crippen LogP contribution is -2.36. The highest BCUT2D eigenvalue weighted by Gasteiger charge is 2.24. The number of benzene rings is 2. The summed E-state index contributed by atoms with van der Waals surface area (Å²) < 4.78 is 1.58. The average Bonchev–Trinajstić information content (AvgIpc) is 2.69. The fourth-order valence-electron chi connectivity index (χ4n) is 3.61. The number of hydrogen-bond donors (Lipinski definition) is 1. The molecule has 0 bridgehead atoms. The molecule has 1 fully saturated rings. The van der Waals surface area contributed by atoms with Gasteiger partial charge in [-0.3, -0.25) is 14.3 Å². The van der Waals surface area contributed by atoms with Gasteiger partial charge in [-0.2, -0.15) is 11.8 Å². The van der Waals surface area contributed by atoms with Gasteiger partial charge in [-0.1, -0.05) is 36.4 Å². The van der Waals surface area contributed by atoms with Gasteiger partial charge in [-0.05, 0) is 18.2 Å². The van der Waals surface area contributed by atoms with Crippen LogP contribution in [0.15, 0.2) is 59.4 Å². The van der Waals surface area contributed by atoms with Crippen LogP contribution in [0.25, 0.3) is 16.5 Å². The lowest BCUT2D eigenvalue weighted by atomic mass is 10.0. The number of carboxylic acids is 1. The largest absolute Gasteiger partial charge is 0.478 e. The molecule has 1 N–H and O–H groups in total. The number of nitrogens with zero attached hydrogens (tertiary/aromatic N) is 2. The molecule has 3 aromatic rings. The second-order valence-electron chi connectivity index (χ2n) is 6.54. The summed E-state index contributed by atoms with van der Waals surface area (Å²) in [5.74, 6) is 1.04. The number of para-hydroxylation sites is 1. The van der Waals surface area contributed by atoms with Crippen molar-refractivity contribution in [1.82, 2.24) is 9.47 Å². The van der Waals surface area contributed by atoms with E-state index >= 15 is 0 Å². The highest BCUT2D eigenvalue weighted by molar-refractivity contribution is 7.99. The number of thioether (sulfide) groups is 1. The van der Waals surface area contributed by atoms with Gasteiger partial charge in [0.1, 0.15) is 0 Å². The number of carbonyl (C=O) groups is 1. The number of fused-ring (bicyclic) bond motifs is 1. The van der Waals surface area contributed by atoms with Crippen molar-refractivity contribution in [1.29, 1.82) is 0 Å². The van der Waals surface area contributed by atoms with Gasteiger partial charge in [0, 0.05) is 47.6 Å². The second-order valence-corrected chi connectivity index (χ2v) is 7.76. The van der Waals surface area contributed by atoms with Gasteiger partial charge in [-0.25, -0.2) is 4.79 Å². The maximum absolute atomic E-state index is 13.3. The summed E-state index contributed by atoms with van der Waals surface area (Å²) in [4.78, 5) is 27.8. The molecule has 1 aromatic heterocycles. The topological polar surface area (TPSA) is 62.5 Å². The van der Waals surface area contributed by atoms with Crippen molar-refractivity contribution in [2.24, 2.45) is 0 Å². The van der Waals surface area contributed by atoms with Gasteiger partial charge in [0.25, 0.3) is 5.56 Å². The highest BCUT2D eigenvalue weighted by atomic mass is 32.2. The third-order valence-electron chi connectivity index (χ3n) is 4.89. The number of carboxylic acid groups (broad SMARTS) is 1. The van der Waals surface area contributed by atoms with Gasteiger partial charge in [0.05, 0.1) is 11.3 Å². The Kier molecular flexibility index (Phi) is 5.01. The molecular weight excluding hydrogens is 360 g/mol. The van der Waals surface area contributed by atoms with E-state index in [1.54, 1.807) is 28.8 Å². The van der Waals surface area contributed by atoms with Crippen LogP contribution in [0.1, 0.15) is 16.1 Å². The summed E-state index contributed by atoms with van der Waals surface area (Å²) in [5.41, 5.74) is 1.27. The lowest BCUT2D eigenvalue weighted by Gasteiger charge is -2.28. The lowest BCUT2D eigenvalue weighted by molar-refractivity contribution is 0.0695. The minimum atomic E-state index is -1.00. The third kappa shape index (κ3) is 3.38. The first kappa shape index (κ1) is 17.8. The Balaban J connectivity index is 2.03. The molecule has 1 aliphatic rings. The van der Waals surface area contributed by atoms with E-state index in [1.165, 1.54) is 0 Å². The maximum Gasteiger partial charge on any atom is 0.338 e. The summed E-state index contributed by atoms with van der Waals surface area (Å²) in [5, 5.41) is 10.9. The van der Waals surface area contributed by atoms with E-state index in [2.05, 4.69) is 4.90 Å². The molecule has 0 unspecified atom stereocenters.